The number of nitrogens with one attached hydrogen (secondary N) is 2. The monoisotopic (exact) mass is 382 g/mol. The fourth-order valence-electron chi connectivity index (χ4n) is 2.52. The summed E-state index contributed by atoms with van der Waals surface area (Å²) >= 11 is 5.09. The van der Waals surface area contributed by atoms with Crippen LogP contribution in [-0.2, 0) is 11.3 Å². The number of benzene rings is 1. The Morgan fingerprint density at radius 3 is 3.14 bits per heavy atom. The van der Waals surface area contributed by atoms with Gasteiger partial charge in [-0.1, -0.05) is 15.9 Å². The predicted octanol–water partition coefficient (Wildman–Crippen LogP) is 1.10. The van der Waals surface area contributed by atoms with Crippen LogP contribution in [0.3, 0.4) is 0 Å². The van der Waals surface area contributed by atoms with E-state index < -0.39 is 0 Å². The van der Waals surface area contributed by atoms with Crippen LogP contribution in [0.15, 0.2) is 28.1 Å². The van der Waals surface area contributed by atoms with Crippen molar-refractivity contribution in [2.75, 3.05) is 26.7 Å². The van der Waals surface area contributed by atoms with E-state index in [1.807, 2.05) is 18.2 Å². The van der Waals surface area contributed by atoms with E-state index >= 15 is 0 Å². The highest BCUT2D eigenvalue weighted by Crippen LogP contribution is 2.34. The quantitative estimate of drug-likeness (QED) is 0.832. The third-order valence-electron chi connectivity index (χ3n) is 3.59. The van der Waals surface area contributed by atoms with Crippen molar-refractivity contribution in [2.45, 2.75) is 6.54 Å². The van der Waals surface area contributed by atoms with Gasteiger partial charge in [0.05, 0.1) is 25.8 Å². The van der Waals surface area contributed by atoms with E-state index in [0.717, 1.165) is 46.1 Å². The summed E-state index contributed by atoms with van der Waals surface area (Å²) < 4.78 is 6.41. The Balaban J connectivity index is 1.79. The zero-order chi connectivity index (χ0) is 15.5. The van der Waals surface area contributed by atoms with Crippen LogP contribution in [0.2, 0.25) is 0 Å². The molecule has 1 aliphatic heterocycles. The van der Waals surface area contributed by atoms with E-state index in [4.69, 9.17) is 9.72 Å². The molecule has 5 nitrogen and oxygen atoms in total. The first kappa shape index (κ1) is 15.5. The highest BCUT2D eigenvalue weighted by Gasteiger charge is 2.21. The number of ether oxygens (including phenoxy) is 1. The Kier molecular flexibility index (Phi) is 4.75. The minimum Gasteiger partial charge on any atom is -0.496 e. The smallest absolute Gasteiger partial charge is 0.275 e. The molecule has 0 bridgehead atoms. The molecule has 1 aromatic heterocycles. The third-order valence-corrected chi connectivity index (χ3v) is 5.00. The summed E-state index contributed by atoms with van der Waals surface area (Å²) in [6.45, 7) is 2.98. The molecule has 1 unspecified atom stereocenters. The van der Waals surface area contributed by atoms with Gasteiger partial charge in [0.2, 0.25) is 0 Å². The van der Waals surface area contributed by atoms with E-state index in [9.17, 15) is 4.79 Å². The molecule has 0 spiro atoms. The molecular formula is C15H17BrN3O2S+. The van der Waals surface area contributed by atoms with Crippen molar-refractivity contribution >= 4 is 33.2 Å². The molecule has 2 heterocycles. The highest BCUT2D eigenvalue weighted by atomic mass is 79.9. The number of carbonyl (C=O) groups excluding carboxylic acids is 1. The maximum absolute atomic E-state index is 11.4. The molecule has 0 radical (unpaired) electrons. The molecule has 0 aliphatic carbocycles. The number of amides is 1. The van der Waals surface area contributed by atoms with Gasteiger partial charge in [0.15, 0.2) is 6.54 Å². The second-order valence-electron chi connectivity index (χ2n) is 5.19. The first-order valence-corrected chi connectivity index (χ1v) is 8.71. The van der Waals surface area contributed by atoms with Crippen molar-refractivity contribution in [1.29, 1.82) is 0 Å². The number of nitrogens with zero attached hydrogens (tertiary/aromatic N) is 1. The van der Waals surface area contributed by atoms with Crippen LogP contribution in [-0.4, -0.2) is 37.6 Å². The third kappa shape index (κ3) is 3.48. The molecule has 3 rings (SSSR count). The molecule has 1 aliphatic rings. The van der Waals surface area contributed by atoms with Crippen LogP contribution < -0.4 is 15.0 Å². The van der Waals surface area contributed by atoms with Crippen LogP contribution in [0.5, 0.6) is 5.75 Å². The van der Waals surface area contributed by atoms with Gasteiger partial charge >= 0.3 is 0 Å². The van der Waals surface area contributed by atoms with Crippen LogP contribution in [0.4, 0.5) is 0 Å². The number of methoxy groups -OCH3 is 1. The van der Waals surface area contributed by atoms with Gasteiger partial charge in [0.1, 0.15) is 23.0 Å². The lowest BCUT2D eigenvalue weighted by molar-refractivity contribution is -0.907. The number of piperazine rings is 1. The van der Waals surface area contributed by atoms with Crippen molar-refractivity contribution in [3.63, 3.8) is 0 Å². The summed E-state index contributed by atoms with van der Waals surface area (Å²) in [5.74, 6) is 0.930. The topological polar surface area (TPSA) is 55.7 Å². The molecule has 116 valence electrons. The van der Waals surface area contributed by atoms with Gasteiger partial charge in [0, 0.05) is 9.85 Å². The Morgan fingerprint density at radius 2 is 2.36 bits per heavy atom. The van der Waals surface area contributed by atoms with E-state index in [1.165, 1.54) is 4.90 Å². The van der Waals surface area contributed by atoms with Crippen molar-refractivity contribution in [2.24, 2.45) is 0 Å². The molecule has 1 saturated heterocycles. The second kappa shape index (κ2) is 6.76. The van der Waals surface area contributed by atoms with Crippen molar-refractivity contribution < 1.29 is 14.4 Å². The fourth-order valence-corrected chi connectivity index (χ4v) is 3.72. The van der Waals surface area contributed by atoms with Crippen molar-refractivity contribution in [3.05, 3.63) is 33.7 Å². The highest BCUT2D eigenvalue weighted by molar-refractivity contribution is 9.10. The van der Waals surface area contributed by atoms with E-state index in [-0.39, 0.29) is 5.91 Å². The number of aromatic nitrogens is 1. The average Bonchev–Trinajstić information content (AvgIpc) is 2.95. The molecule has 2 N–H and O–H groups in total. The molecule has 1 amide bonds. The number of thiazole rings is 1. The van der Waals surface area contributed by atoms with E-state index in [2.05, 4.69) is 26.6 Å². The van der Waals surface area contributed by atoms with Gasteiger partial charge < -0.3 is 15.0 Å². The van der Waals surface area contributed by atoms with Gasteiger partial charge in [-0.05, 0) is 18.2 Å². The number of rotatable bonds is 4. The zero-order valence-electron chi connectivity index (χ0n) is 12.2. The number of hydrogen-bond donors (Lipinski definition) is 2. The van der Waals surface area contributed by atoms with Gasteiger partial charge in [0.25, 0.3) is 5.91 Å². The lowest BCUT2D eigenvalue weighted by Crippen LogP contribution is -3.14. The van der Waals surface area contributed by atoms with Crippen molar-refractivity contribution in [1.82, 2.24) is 10.3 Å². The standard InChI is InChI=1S/C15H16BrN3O2S/c1-21-13-3-2-10(16)6-12(13)15-18-11(9-22-15)7-19-5-4-17-14(20)8-19/h2-3,6,9H,4-5,7-8H2,1H3,(H,17,20)/p+1. The number of hydrogen-bond acceptors (Lipinski definition) is 4. The Morgan fingerprint density at radius 1 is 1.50 bits per heavy atom. The van der Waals surface area contributed by atoms with Gasteiger partial charge in [-0.15, -0.1) is 11.3 Å². The second-order valence-corrected chi connectivity index (χ2v) is 6.97. The molecule has 2 aromatic rings. The molecule has 1 aromatic carbocycles. The van der Waals surface area contributed by atoms with Crippen LogP contribution >= 0.6 is 27.3 Å². The molecule has 0 saturated carbocycles. The maximum atomic E-state index is 11.4. The van der Waals surface area contributed by atoms with Crippen LogP contribution in [0.25, 0.3) is 10.6 Å². The van der Waals surface area contributed by atoms with Gasteiger partial charge in [-0.2, -0.15) is 0 Å². The number of quaternary nitrogens is 1. The molecule has 7 heteroatoms. The summed E-state index contributed by atoms with van der Waals surface area (Å²) in [4.78, 5) is 17.4. The summed E-state index contributed by atoms with van der Waals surface area (Å²) in [5.41, 5.74) is 2.01. The van der Waals surface area contributed by atoms with Gasteiger partial charge in [-0.25, -0.2) is 4.98 Å². The Bertz CT molecular complexity index is 689. The van der Waals surface area contributed by atoms with Gasteiger partial charge in [-0.3, -0.25) is 4.79 Å². The summed E-state index contributed by atoms with van der Waals surface area (Å²) in [5, 5.41) is 5.85. The van der Waals surface area contributed by atoms with Crippen LogP contribution in [0.1, 0.15) is 5.69 Å². The molecule has 1 atom stereocenters. The molecule has 1 fully saturated rings. The lowest BCUT2D eigenvalue weighted by Gasteiger charge is -2.22. The van der Waals surface area contributed by atoms with Crippen LogP contribution in [0, 0.1) is 0 Å². The maximum Gasteiger partial charge on any atom is 0.275 e. The average molecular weight is 383 g/mol. The predicted molar refractivity (Wildman–Crippen MR) is 89.2 cm³/mol. The lowest BCUT2D eigenvalue weighted by atomic mass is 10.2. The minimum absolute atomic E-state index is 0.116. The largest absolute Gasteiger partial charge is 0.496 e. The Labute approximate surface area is 141 Å². The molecular weight excluding hydrogens is 366 g/mol. The van der Waals surface area contributed by atoms with E-state index in [1.54, 1.807) is 18.4 Å². The first-order chi connectivity index (χ1) is 10.7. The Hall–Kier alpha value is -1.44. The molecule has 22 heavy (non-hydrogen) atoms. The zero-order valence-corrected chi connectivity index (χ0v) is 14.6. The summed E-state index contributed by atoms with van der Waals surface area (Å²) in [6.07, 6.45) is 0. The SMILES string of the molecule is COc1ccc(Br)cc1-c1nc(C[NH+]2CCNC(=O)C2)cs1. The fraction of sp³-hybridized carbons (Fsp3) is 0.333. The normalized spacial score (nSPS) is 18.1. The number of halogens is 1. The summed E-state index contributed by atoms with van der Waals surface area (Å²) in [7, 11) is 1.66. The number of carbonyl (C=O) groups is 1. The summed E-state index contributed by atoms with van der Waals surface area (Å²) in [6, 6.07) is 5.90. The van der Waals surface area contributed by atoms with E-state index in [0.29, 0.717) is 6.54 Å². The van der Waals surface area contributed by atoms with Crippen molar-refractivity contribution in [3.8, 4) is 16.3 Å². The minimum atomic E-state index is 0.116. The first-order valence-electron chi connectivity index (χ1n) is 7.04.